The maximum atomic E-state index is 13.1. The molecule has 0 bridgehead atoms. The number of Topliss-reactive ketones (excluding diaryl/α,β-unsaturated/α-hetero) is 1. The number of ketones is 1. The van der Waals surface area contributed by atoms with E-state index in [9.17, 15) is 4.79 Å². The number of benzene rings is 3. The van der Waals surface area contributed by atoms with Crippen molar-refractivity contribution >= 4 is 45.9 Å². The molecule has 3 aromatic carbocycles. The highest BCUT2D eigenvalue weighted by molar-refractivity contribution is 7.98. The van der Waals surface area contributed by atoms with Crippen LogP contribution in [0.2, 0.25) is 5.02 Å². The van der Waals surface area contributed by atoms with E-state index < -0.39 is 0 Å². The van der Waals surface area contributed by atoms with Crippen molar-refractivity contribution in [2.24, 2.45) is 0 Å². The molecule has 5 nitrogen and oxygen atoms in total. The minimum Gasteiger partial charge on any atom is -0.328 e. The minimum absolute atomic E-state index is 0.188. The number of carbonyl (C=O) groups is 1. The topological polar surface area (TPSA) is 59.8 Å². The number of anilines is 1. The van der Waals surface area contributed by atoms with E-state index in [1.165, 1.54) is 0 Å². The maximum absolute atomic E-state index is 13.1. The third-order valence-electron chi connectivity index (χ3n) is 6.28. The fraction of sp³-hybridized carbons (Fsp3) is 0.192. The van der Waals surface area contributed by atoms with Gasteiger partial charge in [0.25, 0.3) is 0 Å². The first-order valence-electron chi connectivity index (χ1n) is 11.0. The molecule has 33 heavy (non-hydrogen) atoms. The fourth-order valence-electron chi connectivity index (χ4n) is 4.73. The Bertz CT molecular complexity index is 1420. The van der Waals surface area contributed by atoms with Gasteiger partial charge in [-0.15, -0.1) is 5.10 Å². The first kappa shape index (κ1) is 20.5. The van der Waals surface area contributed by atoms with Crippen molar-refractivity contribution in [1.29, 1.82) is 0 Å². The van der Waals surface area contributed by atoms with Gasteiger partial charge in [-0.1, -0.05) is 84.0 Å². The third-order valence-corrected chi connectivity index (χ3v) is 7.54. The molecule has 0 saturated heterocycles. The van der Waals surface area contributed by atoms with Crippen LogP contribution in [-0.4, -0.2) is 20.5 Å². The lowest BCUT2D eigenvalue weighted by Crippen LogP contribution is -2.31. The standard InChI is InChI=1S/C26H21ClN4OS/c27-20-12-4-2-8-17(20)15-33-26-29-25-28-21-13-6-14-22(32)23(21)24(31(25)30-26)19-11-5-9-16-7-1-3-10-18(16)19/h1-5,7-12,24H,6,13-15H2,(H,28,29,30). The Morgan fingerprint density at radius 2 is 1.85 bits per heavy atom. The van der Waals surface area contributed by atoms with Gasteiger partial charge in [-0.2, -0.15) is 4.98 Å². The number of allylic oxidation sites excluding steroid dienone is 2. The molecule has 1 aromatic heterocycles. The van der Waals surface area contributed by atoms with E-state index in [0.29, 0.717) is 23.3 Å². The van der Waals surface area contributed by atoms with Crippen LogP contribution in [0.5, 0.6) is 0 Å². The number of halogens is 1. The molecule has 0 saturated carbocycles. The van der Waals surface area contributed by atoms with Gasteiger partial charge in [0.15, 0.2) is 5.78 Å². The lowest BCUT2D eigenvalue weighted by atomic mass is 9.84. The largest absolute Gasteiger partial charge is 0.328 e. The molecule has 1 N–H and O–H groups in total. The summed E-state index contributed by atoms with van der Waals surface area (Å²) in [6.45, 7) is 0. The Hall–Kier alpha value is -3.09. The molecular formula is C26H21ClN4OS. The fourth-order valence-corrected chi connectivity index (χ4v) is 5.85. The summed E-state index contributed by atoms with van der Waals surface area (Å²) in [5, 5.41) is 12.0. The van der Waals surface area contributed by atoms with Crippen molar-refractivity contribution < 1.29 is 4.79 Å². The van der Waals surface area contributed by atoms with Gasteiger partial charge in [-0.3, -0.25) is 4.79 Å². The van der Waals surface area contributed by atoms with Gasteiger partial charge in [-0.05, 0) is 40.8 Å². The van der Waals surface area contributed by atoms with E-state index in [1.54, 1.807) is 11.8 Å². The van der Waals surface area contributed by atoms with E-state index >= 15 is 0 Å². The maximum Gasteiger partial charge on any atom is 0.227 e. The molecule has 0 radical (unpaired) electrons. The zero-order chi connectivity index (χ0) is 22.4. The van der Waals surface area contributed by atoms with E-state index in [1.807, 2.05) is 41.1 Å². The number of hydrogen-bond donors (Lipinski definition) is 1. The summed E-state index contributed by atoms with van der Waals surface area (Å²) < 4.78 is 1.89. The van der Waals surface area contributed by atoms with Crippen LogP contribution in [-0.2, 0) is 10.5 Å². The molecule has 2 aliphatic rings. The summed E-state index contributed by atoms with van der Waals surface area (Å²) in [7, 11) is 0. The molecule has 2 heterocycles. The highest BCUT2D eigenvalue weighted by atomic mass is 35.5. The molecule has 1 atom stereocenters. The van der Waals surface area contributed by atoms with Crippen LogP contribution in [0.1, 0.15) is 36.4 Å². The molecule has 1 aliphatic carbocycles. The Kier molecular flexibility index (Phi) is 5.19. The van der Waals surface area contributed by atoms with Crippen LogP contribution < -0.4 is 5.32 Å². The van der Waals surface area contributed by atoms with Gasteiger partial charge in [0.2, 0.25) is 11.1 Å². The van der Waals surface area contributed by atoms with Crippen LogP contribution in [0.15, 0.2) is 83.2 Å². The van der Waals surface area contributed by atoms with Crippen LogP contribution >= 0.6 is 23.4 Å². The highest BCUT2D eigenvalue weighted by Crippen LogP contribution is 2.42. The number of rotatable bonds is 4. The van der Waals surface area contributed by atoms with Crippen LogP contribution in [0.25, 0.3) is 10.8 Å². The number of hydrogen-bond acceptors (Lipinski definition) is 5. The Balaban J connectivity index is 1.44. The van der Waals surface area contributed by atoms with Crippen LogP contribution in [0.3, 0.4) is 0 Å². The first-order valence-corrected chi connectivity index (χ1v) is 12.4. The van der Waals surface area contributed by atoms with E-state index in [2.05, 4.69) is 35.6 Å². The number of nitrogens with zero attached hydrogens (tertiary/aromatic N) is 3. The van der Waals surface area contributed by atoms with Crippen LogP contribution in [0, 0.1) is 0 Å². The zero-order valence-corrected chi connectivity index (χ0v) is 19.4. The van der Waals surface area contributed by atoms with Gasteiger partial charge in [-0.25, -0.2) is 4.68 Å². The Morgan fingerprint density at radius 3 is 2.76 bits per heavy atom. The summed E-state index contributed by atoms with van der Waals surface area (Å²) in [5.41, 5.74) is 3.92. The monoisotopic (exact) mass is 472 g/mol. The quantitative estimate of drug-likeness (QED) is 0.348. The normalized spacial score (nSPS) is 17.6. The first-order chi connectivity index (χ1) is 16.2. The second-order valence-corrected chi connectivity index (χ2v) is 9.66. The molecular weight excluding hydrogens is 452 g/mol. The summed E-state index contributed by atoms with van der Waals surface area (Å²) in [5.74, 6) is 1.55. The SMILES string of the molecule is O=C1CCCC2=C1C(c1cccc3ccccc13)n1nc(SCc3ccccc3Cl)nc1N2. The number of carbonyl (C=O) groups excluding carboxylic acids is 1. The van der Waals surface area contributed by atoms with Gasteiger partial charge < -0.3 is 5.32 Å². The number of nitrogens with one attached hydrogen (secondary N) is 1. The smallest absolute Gasteiger partial charge is 0.227 e. The van der Waals surface area contributed by atoms with Gasteiger partial charge in [0.1, 0.15) is 6.04 Å². The second kappa shape index (κ2) is 8.36. The molecule has 6 rings (SSSR count). The zero-order valence-electron chi connectivity index (χ0n) is 17.8. The average molecular weight is 473 g/mol. The predicted molar refractivity (Wildman–Crippen MR) is 133 cm³/mol. The number of aromatic nitrogens is 3. The molecule has 0 amide bonds. The minimum atomic E-state index is -0.294. The Morgan fingerprint density at radius 1 is 1.03 bits per heavy atom. The van der Waals surface area contributed by atoms with Crippen molar-refractivity contribution in [3.8, 4) is 0 Å². The van der Waals surface area contributed by atoms with Crippen molar-refractivity contribution in [2.75, 3.05) is 5.32 Å². The summed E-state index contributed by atoms with van der Waals surface area (Å²) in [6.07, 6.45) is 2.27. The molecule has 164 valence electrons. The predicted octanol–water partition coefficient (Wildman–Crippen LogP) is 6.40. The van der Waals surface area contributed by atoms with Gasteiger partial charge >= 0.3 is 0 Å². The van der Waals surface area contributed by atoms with E-state index in [4.69, 9.17) is 21.7 Å². The second-order valence-electron chi connectivity index (χ2n) is 8.31. The van der Waals surface area contributed by atoms with Crippen molar-refractivity contribution in [3.63, 3.8) is 0 Å². The number of thioether (sulfide) groups is 1. The molecule has 0 fully saturated rings. The van der Waals surface area contributed by atoms with Crippen LogP contribution in [0.4, 0.5) is 5.95 Å². The van der Waals surface area contributed by atoms with E-state index in [0.717, 1.165) is 51.0 Å². The highest BCUT2D eigenvalue weighted by Gasteiger charge is 2.37. The molecule has 7 heteroatoms. The number of fused-ring (bicyclic) bond motifs is 2. The molecule has 0 spiro atoms. The van der Waals surface area contributed by atoms with E-state index in [-0.39, 0.29) is 11.8 Å². The summed E-state index contributed by atoms with van der Waals surface area (Å²) in [4.78, 5) is 17.9. The molecule has 1 unspecified atom stereocenters. The van der Waals surface area contributed by atoms with Gasteiger partial charge in [0, 0.05) is 28.5 Å². The van der Waals surface area contributed by atoms with Gasteiger partial charge in [0.05, 0.1) is 0 Å². The lowest BCUT2D eigenvalue weighted by Gasteiger charge is -2.32. The van der Waals surface area contributed by atoms with Crippen molar-refractivity contribution in [3.05, 3.63) is 94.1 Å². The summed E-state index contributed by atoms with van der Waals surface area (Å²) >= 11 is 7.88. The average Bonchev–Trinajstić information content (AvgIpc) is 3.25. The Labute approximate surface area is 200 Å². The molecule has 4 aromatic rings. The van der Waals surface area contributed by atoms with Crippen molar-refractivity contribution in [1.82, 2.24) is 14.8 Å². The summed E-state index contributed by atoms with van der Waals surface area (Å²) in [6, 6.07) is 22.1. The molecule has 1 aliphatic heterocycles. The van der Waals surface area contributed by atoms with Crippen molar-refractivity contribution in [2.45, 2.75) is 36.2 Å². The third kappa shape index (κ3) is 3.63. The lowest BCUT2D eigenvalue weighted by molar-refractivity contribution is -0.116.